The van der Waals surface area contributed by atoms with Crippen molar-refractivity contribution in [3.8, 4) is 6.07 Å². The van der Waals surface area contributed by atoms with E-state index < -0.39 is 0 Å². The molecule has 0 fully saturated rings. The summed E-state index contributed by atoms with van der Waals surface area (Å²) in [5, 5.41) is 17.1. The predicted molar refractivity (Wildman–Crippen MR) is 138 cm³/mol. The molecule has 0 aliphatic carbocycles. The number of amides is 4. The molecule has 10 nitrogen and oxygen atoms in total. The average Bonchev–Trinajstić information content (AvgIpc) is 2.80. The normalized spacial score (nSPS) is 11.1. The summed E-state index contributed by atoms with van der Waals surface area (Å²) < 4.78 is 0. The fourth-order valence-corrected chi connectivity index (χ4v) is 3.73. The molecule has 1 heterocycles. The Kier molecular flexibility index (Phi) is 10.4. The van der Waals surface area contributed by atoms with Gasteiger partial charge in [-0.05, 0) is 51.0 Å². The molecule has 2 aromatic rings. The van der Waals surface area contributed by atoms with Gasteiger partial charge < -0.3 is 16.0 Å². The summed E-state index contributed by atoms with van der Waals surface area (Å²) in [5.41, 5.74) is 1.59. The molecule has 1 unspecified atom stereocenters. The molecule has 3 N–H and O–H groups in total. The fraction of sp³-hybridized carbons (Fsp3) is 0.360. The molecule has 0 saturated heterocycles. The third-order valence-electron chi connectivity index (χ3n) is 5.14. The molecule has 0 radical (unpaired) electrons. The quantitative estimate of drug-likeness (QED) is 0.403. The number of benzene rings is 1. The van der Waals surface area contributed by atoms with E-state index in [1.807, 2.05) is 6.07 Å². The second-order valence-electron chi connectivity index (χ2n) is 8.14. The van der Waals surface area contributed by atoms with E-state index >= 15 is 0 Å². The lowest BCUT2D eigenvalue weighted by Gasteiger charge is -2.24. The van der Waals surface area contributed by atoms with Crippen LogP contribution in [0.5, 0.6) is 0 Å². The third-order valence-corrected chi connectivity index (χ3v) is 5.43. The van der Waals surface area contributed by atoms with Crippen molar-refractivity contribution in [2.75, 3.05) is 28.6 Å². The van der Waals surface area contributed by atoms with Gasteiger partial charge in [-0.15, -0.1) is 0 Å². The maximum absolute atomic E-state index is 12.6. The molecule has 36 heavy (non-hydrogen) atoms. The summed E-state index contributed by atoms with van der Waals surface area (Å²) in [6.45, 7) is 7.58. The number of aromatic nitrogens is 1. The summed E-state index contributed by atoms with van der Waals surface area (Å²) >= 11 is 5.93. The number of rotatable bonds is 10. The van der Waals surface area contributed by atoms with Crippen LogP contribution in [0.4, 0.5) is 21.9 Å². The van der Waals surface area contributed by atoms with Crippen molar-refractivity contribution in [3.63, 3.8) is 0 Å². The summed E-state index contributed by atoms with van der Waals surface area (Å²) in [4.78, 5) is 54.8. The topological polar surface area (TPSA) is 144 Å². The smallest absolute Gasteiger partial charge is 0.321 e. The minimum atomic E-state index is -0.328. The first-order valence-electron chi connectivity index (χ1n) is 11.4. The van der Waals surface area contributed by atoms with Gasteiger partial charge in [0.2, 0.25) is 11.8 Å². The third kappa shape index (κ3) is 7.78. The van der Waals surface area contributed by atoms with Crippen LogP contribution >= 0.6 is 11.6 Å². The van der Waals surface area contributed by atoms with Gasteiger partial charge in [0.05, 0.1) is 22.6 Å². The van der Waals surface area contributed by atoms with Gasteiger partial charge in [0.15, 0.2) is 11.5 Å². The number of nitrogens with one attached hydrogen (secondary N) is 3. The van der Waals surface area contributed by atoms with Gasteiger partial charge in [-0.25, -0.2) is 9.78 Å². The highest BCUT2D eigenvalue weighted by Crippen LogP contribution is 2.26. The van der Waals surface area contributed by atoms with E-state index in [-0.39, 0.29) is 53.1 Å². The molecule has 1 atom stereocenters. The Bertz CT molecular complexity index is 1190. The first kappa shape index (κ1) is 28.3. The Labute approximate surface area is 215 Å². The zero-order chi connectivity index (χ0) is 26.8. The molecule has 11 heteroatoms. The van der Waals surface area contributed by atoms with Gasteiger partial charge in [0.1, 0.15) is 6.07 Å². The standard InChI is InChI=1S/C25H29ClN6O4/c1-5-28-25(36)32(6-2)22-8-7-17(11-19(22)16(4)33)30-23(34)9-15(3)10-24(35)31-18-12-20(26)21(13-27)29-14-18/h7-8,11-12,14-15H,5-6,9-10H2,1-4H3,(H,28,36)(H,30,34)(H,31,35). The number of ketones is 1. The zero-order valence-corrected chi connectivity index (χ0v) is 21.4. The Morgan fingerprint density at radius 2 is 1.72 bits per heavy atom. The highest BCUT2D eigenvalue weighted by molar-refractivity contribution is 6.31. The van der Waals surface area contributed by atoms with Crippen molar-refractivity contribution in [2.45, 2.75) is 40.5 Å². The molecular formula is C25H29ClN6O4. The maximum Gasteiger partial charge on any atom is 0.321 e. The lowest BCUT2D eigenvalue weighted by Crippen LogP contribution is -2.40. The number of hydrogen-bond acceptors (Lipinski definition) is 6. The molecule has 1 aromatic carbocycles. The van der Waals surface area contributed by atoms with E-state index in [9.17, 15) is 19.2 Å². The van der Waals surface area contributed by atoms with Crippen LogP contribution in [0.3, 0.4) is 0 Å². The van der Waals surface area contributed by atoms with E-state index in [4.69, 9.17) is 16.9 Å². The number of nitriles is 1. The number of Topliss-reactive ketones (excluding diaryl/α,β-unsaturated/α-hetero) is 1. The van der Waals surface area contributed by atoms with Crippen LogP contribution in [0.2, 0.25) is 5.02 Å². The van der Waals surface area contributed by atoms with Crippen molar-refractivity contribution in [2.24, 2.45) is 5.92 Å². The van der Waals surface area contributed by atoms with E-state index in [2.05, 4.69) is 20.9 Å². The Morgan fingerprint density at radius 3 is 2.25 bits per heavy atom. The number of urea groups is 1. The van der Waals surface area contributed by atoms with E-state index in [0.717, 1.165) is 0 Å². The van der Waals surface area contributed by atoms with Gasteiger partial charge in [-0.2, -0.15) is 5.26 Å². The first-order chi connectivity index (χ1) is 17.1. The second kappa shape index (κ2) is 13.2. The molecular weight excluding hydrogens is 484 g/mol. The maximum atomic E-state index is 12.6. The van der Waals surface area contributed by atoms with Gasteiger partial charge in [-0.3, -0.25) is 19.3 Å². The lowest BCUT2D eigenvalue weighted by molar-refractivity contribution is -0.118. The molecule has 0 aliphatic rings. The highest BCUT2D eigenvalue weighted by atomic mass is 35.5. The minimum Gasteiger partial charge on any atom is -0.338 e. The van der Waals surface area contributed by atoms with Crippen LogP contribution in [0, 0.1) is 17.2 Å². The number of halogens is 1. The average molecular weight is 513 g/mol. The van der Waals surface area contributed by atoms with E-state index in [0.29, 0.717) is 35.7 Å². The second-order valence-corrected chi connectivity index (χ2v) is 8.55. The summed E-state index contributed by atoms with van der Waals surface area (Å²) in [6, 6.07) is 7.75. The molecule has 0 spiro atoms. The lowest BCUT2D eigenvalue weighted by atomic mass is 10.0. The van der Waals surface area contributed by atoms with Crippen molar-refractivity contribution in [1.82, 2.24) is 10.3 Å². The largest absolute Gasteiger partial charge is 0.338 e. The first-order valence-corrected chi connectivity index (χ1v) is 11.8. The van der Waals surface area contributed by atoms with Crippen LogP contribution in [0.15, 0.2) is 30.5 Å². The van der Waals surface area contributed by atoms with Crippen LogP contribution in [-0.4, -0.2) is 41.7 Å². The van der Waals surface area contributed by atoms with Gasteiger partial charge in [-0.1, -0.05) is 18.5 Å². The van der Waals surface area contributed by atoms with Gasteiger partial charge >= 0.3 is 6.03 Å². The van der Waals surface area contributed by atoms with Crippen molar-refractivity contribution >= 4 is 52.3 Å². The number of carbonyl (C=O) groups is 4. The summed E-state index contributed by atoms with van der Waals surface area (Å²) in [5.74, 6) is -1.18. The van der Waals surface area contributed by atoms with Crippen LogP contribution in [0.1, 0.15) is 56.6 Å². The van der Waals surface area contributed by atoms with Gasteiger partial charge in [0.25, 0.3) is 0 Å². The van der Waals surface area contributed by atoms with E-state index in [1.54, 1.807) is 32.9 Å². The number of pyridine rings is 1. The highest BCUT2D eigenvalue weighted by Gasteiger charge is 2.20. The Balaban J connectivity index is 2.01. The molecule has 0 bridgehead atoms. The predicted octanol–water partition coefficient (Wildman–Crippen LogP) is 4.36. The Morgan fingerprint density at radius 1 is 1.08 bits per heavy atom. The molecule has 0 saturated carbocycles. The summed E-state index contributed by atoms with van der Waals surface area (Å²) in [6.07, 6.45) is 1.47. The van der Waals surface area contributed by atoms with Crippen molar-refractivity contribution < 1.29 is 19.2 Å². The molecule has 2 rings (SSSR count). The van der Waals surface area contributed by atoms with E-state index in [1.165, 1.54) is 30.2 Å². The summed E-state index contributed by atoms with van der Waals surface area (Å²) in [7, 11) is 0. The number of nitrogens with zero attached hydrogens (tertiary/aromatic N) is 3. The number of carbonyl (C=O) groups excluding carboxylic acids is 4. The van der Waals surface area contributed by atoms with Crippen molar-refractivity contribution in [3.05, 3.63) is 46.7 Å². The minimum absolute atomic E-state index is 0.0623. The molecule has 4 amide bonds. The molecule has 0 aliphatic heterocycles. The van der Waals surface area contributed by atoms with Gasteiger partial charge in [0, 0.05) is 37.2 Å². The van der Waals surface area contributed by atoms with Crippen LogP contribution < -0.4 is 20.9 Å². The molecule has 1 aromatic heterocycles. The zero-order valence-electron chi connectivity index (χ0n) is 20.6. The monoisotopic (exact) mass is 512 g/mol. The number of anilines is 3. The SMILES string of the molecule is CCNC(=O)N(CC)c1ccc(NC(=O)CC(C)CC(=O)Nc2cnc(C#N)c(Cl)c2)cc1C(C)=O. The molecule has 190 valence electrons. The van der Waals surface area contributed by atoms with Crippen LogP contribution in [-0.2, 0) is 9.59 Å². The fourth-order valence-electron chi connectivity index (χ4n) is 3.52. The Hall–Kier alpha value is -3.97. The number of hydrogen-bond donors (Lipinski definition) is 3. The van der Waals surface area contributed by atoms with Crippen LogP contribution in [0.25, 0.3) is 0 Å². The van der Waals surface area contributed by atoms with Crippen molar-refractivity contribution in [1.29, 1.82) is 5.26 Å².